The zero-order valence-electron chi connectivity index (χ0n) is 19.4. The zero-order chi connectivity index (χ0) is 23.4. The van der Waals surface area contributed by atoms with E-state index < -0.39 is 33.7 Å². The van der Waals surface area contributed by atoms with Crippen LogP contribution in [-0.2, 0) is 33.5 Å². The lowest BCUT2D eigenvalue weighted by Gasteiger charge is -2.14. The highest BCUT2D eigenvalue weighted by Crippen LogP contribution is 2.13. The van der Waals surface area contributed by atoms with E-state index in [1.54, 1.807) is 0 Å². The molecule has 0 rings (SSSR count). The lowest BCUT2D eigenvalue weighted by atomic mass is 10.1. The third-order valence-electron chi connectivity index (χ3n) is 5.10. The first-order chi connectivity index (χ1) is 14.9. The molecule has 0 aromatic carbocycles. The molecule has 0 amide bonds. The van der Waals surface area contributed by atoms with Gasteiger partial charge >= 0.3 is 11.9 Å². The summed E-state index contributed by atoms with van der Waals surface area (Å²) in [5.41, 5.74) is 0. The van der Waals surface area contributed by atoms with Crippen LogP contribution in [0.1, 0.15) is 110 Å². The van der Waals surface area contributed by atoms with Gasteiger partial charge in [0.1, 0.15) is 0 Å². The van der Waals surface area contributed by atoms with Gasteiger partial charge in [0, 0.05) is 0 Å². The maximum atomic E-state index is 12.2. The molecular formula is C22H43NO7S. The minimum atomic E-state index is -4.46. The van der Waals surface area contributed by atoms with Gasteiger partial charge in [0.15, 0.2) is 5.25 Å². The Morgan fingerprint density at radius 3 is 1.58 bits per heavy atom. The SMILES string of the molecule is CCCCCCCCCOC(=O)CC(C(=O)OCCCCCCCCC)S(=O)(=O)ON. The Morgan fingerprint density at radius 1 is 0.710 bits per heavy atom. The molecule has 0 aromatic heterocycles. The van der Waals surface area contributed by atoms with Gasteiger partial charge in [0.2, 0.25) is 0 Å². The smallest absolute Gasteiger partial charge is 0.327 e. The minimum Gasteiger partial charge on any atom is -0.466 e. The summed E-state index contributed by atoms with van der Waals surface area (Å²) in [6.07, 6.45) is 14.1. The molecule has 184 valence electrons. The van der Waals surface area contributed by atoms with Gasteiger partial charge in [-0.25, -0.2) is 0 Å². The monoisotopic (exact) mass is 465 g/mol. The Labute approximate surface area is 188 Å². The van der Waals surface area contributed by atoms with Crippen LogP contribution in [0.3, 0.4) is 0 Å². The van der Waals surface area contributed by atoms with Gasteiger partial charge < -0.3 is 9.47 Å². The number of unbranched alkanes of at least 4 members (excludes halogenated alkanes) is 12. The van der Waals surface area contributed by atoms with Crippen molar-refractivity contribution in [1.29, 1.82) is 0 Å². The number of nitrogens with two attached hydrogens (primary N) is 1. The van der Waals surface area contributed by atoms with Crippen molar-refractivity contribution in [3.8, 4) is 0 Å². The van der Waals surface area contributed by atoms with E-state index in [4.69, 9.17) is 15.4 Å². The van der Waals surface area contributed by atoms with Crippen molar-refractivity contribution >= 4 is 22.1 Å². The van der Waals surface area contributed by atoms with E-state index in [0.717, 1.165) is 38.5 Å². The van der Waals surface area contributed by atoms with Crippen LogP contribution in [0.25, 0.3) is 0 Å². The zero-order valence-corrected chi connectivity index (χ0v) is 20.3. The third-order valence-corrected chi connectivity index (χ3v) is 6.42. The fourth-order valence-electron chi connectivity index (χ4n) is 3.15. The summed E-state index contributed by atoms with van der Waals surface area (Å²) >= 11 is 0. The summed E-state index contributed by atoms with van der Waals surface area (Å²) < 4.78 is 38.0. The maximum Gasteiger partial charge on any atom is 0.327 e. The van der Waals surface area contributed by atoms with Crippen molar-refractivity contribution < 1.29 is 31.8 Å². The number of rotatable bonds is 21. The van der Waals surface area contributed by atoms with Gasteiger partial charge in [0.25, 0.3) is 10.1 Å². The summed E-state index contributed by atoms with van der Waals surface area (Å²) in [5.74, 6) is 2.97. The number of carbonyl (C=O) groups is 2. The van der Waals surface area contributed by atoms with E-state index in [9.17, 15) is 18.0 Å². The Hall–Kier alpha value is -1.19. The van der Waals surface area contributed by atoms with Crippen molar-refractivity contribution in [3.05, 3.63) is 0 Å². The third kappa shape index (κ3) is 16.1. The van der Waals surface area contributed by atoms with Crippen LogP contribution >= 0.6 is 0 Å². The fourth-order valence-corrected chi connectivity index (χ4v) is 3.93. The number of esters is 2. The van der Waals surface area contributed by atoms with Gasteiger partial charge in [-0.2, -0.15) is 18.6 Å². The van der Waals surface area contributed by atoms with E-state index >= 15 is 0 Å². The van der Waals surface area contributed by atoms with Gasteiger partial charge in [-0.1, -0.05) is 90.9 Å². The topological polar surface area (TPSA) is 122 Å². The van der Waals surface area contributed by atoms with Crippen molar-refractivity contribution in [2.75, 3.05) is 13.2 Å². The standard InChI is InChI=1S/C22H43NO7S/c1-3-5-7-9-11-13-15-17-28-21(24)19-20(31(26,27)30-23)22(25)29-18-16-14-12-10-8-6-4-2/h20H,3-19,23H2,1-2H3. The molecule has 1 unspecified atom stereocenters. The Morgan fingerprint density at radius 2 is 1.13 bits per heavy atom. The van der Waals surface area contributed by atoms with Crippen LogP contribution < -0.4 is 5.90 Å². The van der Waals surface area contributed by atoms with Crippen molar-refractivity contribution in [1.82, 2.24) is 0 Å². The highest BCUT2D eigenvalue weighted by Gasteiger charge is 2.37. The average Bonchev–Trinajstić information content (AvgIpc) is 2.75. The molecule has 2 N–H and O–H groups in total. The van der Waals surface area contributed by atoms with Crippen LogP contribution in [0.4, 0.5) is 0 Å². The van der Waals surface area contributed by atoms with Crippen molar-refractivity contribution in [2.24, 2.45) is 5.90 Å². The molecule has 0 radical (unpaired) electrons. The predicted molar refractivity (Wildman–Crippen MR) is 121 cm³/mol. The molecule has 0 saturated heterocycles. The lowest BCUT2D eigenvalue weighted by molar-refractivity contribution is -0.150. The highest BCUT2D eigenvalue weighted by atomic mass is 32.2. The van der Waals surface area contributed by atoms with Crippen LogP contribution in [0.15, 0.2) is 0 Å². The highest BCUT2D eigenvalue weighted by molar-refractivity contribution is 7.88. The summed E-state index contributed by atoms with van der Waals surface area (Å²) in [4.78, 5) is 24.2. The number of ether oxygens (including phenoxy) is 2. The molecule has 0 fully saturated rings. The van der Waals surface area contributed by atoms with E-state index in [1.165, 1.54) is 38.5 Å². The molecule has 1 atom stereocenters. The first-order valence-electron chi connectivity index (χ1n) is 11.8. The quantitative estimate of drug-likeness (QED) is 0.149. The van der Waals surface area contributed by atoms with Crippen LogP contribution in [-0.4, -0.2) is 38.8 Å². The molecule has 0 aliphatic rings. The fraction of sp³-hybridized carbons (Fsp3) is 0.909. The summed E-state index contributed by atoms with van der Waals surface area (Å²) in [7, 11) is -4.46. The number of carbonyl (C=O) groups excluding carboxylic acids is 2. The molecule has 0 aromatic rings. The van der Waals surface area contributed by atoms with E-state index in [2.05, 4.69) is 18.1 Å². The largest absolute Gasteiger partial charge is 0.466 e. The lowest BCUT2D eigenvalue weighted by Crippen LogP contribution is -2.37. The first-order valence-corrected chi connectivity index (χ1v) is 13.3. The molecule has 0 saturated carbocycles. The molecule has 31 heavy (non-hydrogen) atoms. The normalized spacial score (nSPS) is 12.5. The molecule has 8 nitrogen and oxygen atoms in total. The first kappa shape index (κ1) is 29.8. The van der Waals surface area contributed by atoms with Crippen LogP contribution in [0.2, 0.25) is 0 Å². The summed E-state index contributed by atoms with van der Waals surface area (Å²) in [5, 5.41) is -1.82. The van der Waals surface area contributed by atoms with Gasteiger partial charge in [-0.05, 0) is 12.8 Å². The predicted octanol–water partition coefficient (Wildman–Crippen LogP) is 4.55. The Balaban J connectivity index is 4.23. The van der Waals surface area contributed by atoms with Crippen molar-refractivity contribution in [3.63, 3.8) is 0 Å². The Bertz CT molecular complexity index is 566. The van der Waals surface area contributed by atoms with E-state index in [-0.39, 0.29) is 13.2 Å². The second-order valence-corrected chi connectivity index (χ2v) is 9.66. The van der Waals surface area contributed by atoms with Gasteiger partial charge in [0.05, 0.1) is 19.6 Å². The molecule has 0 spiro atoms. The molecule has 0 heterocycles. The second-order valence-electron chi connectivity index (χ2n) is 7.91. The Kier molecular flexibility index (Phi) is 18.7. The average molecular weight is 466 g/mol. The van der Waals surface area contributed by atoms with Crippen LogP contribution in [0.5, 0.6) is 0 Å². The van der Waals surface area contributed by atoms with E-state index in [0.29, 0.717) is 12.8 Å². The molecule has 0 bridgehead atoms. The summed E-state index contributed by atoms with van der Waals surface area (Å²) in [6.45, 7) is 4.60. The van der Waals surface area contributed by atoms with Crippen LogP contribution in [0, 0.1) is 0 Å². The van der Waals surface area contributed by atoms with Gasteiger partial charge in [-0.15, -0.1) is 0 Å². The van der Waals surface area contributed by atoms with E-state index in [1.807, 2.05) is 0 Å². The van der Waals surface area contributed by atoms with Crippen molar-refractivity contribution in [2.45, 2.75) is 115 Å². The number of hydrogen-bond acceptors (Lipinski definition) is 8. The molecule has 0 aliphatic carbocycles. The maximum absolute atomic E-state index is 12.2. The molecule has 0 aliphatic heterocycles. The molecular weight excluding hydrogens is 422 g/mol. The second kappa shape index (κ2) is 19.5. The van der Waals surface area contributed by atoms with Gasteiger partial charge in [-0.3, -0.25) is 9.59 Å². The number of hydrogen-bond donors (Lipinski definition) is 1. The molecule has 9 heteroatoms. The summed E-state index contributed by atoms with van der Waals surface area (Å²) in [6, 6.07) is 0. The minimum absolute atomic E-state index is 0.0935.